The summed E-state index contributed by atoms with van der Waals surface area (Å²) >= 11 is 0. The van der Waals surface area contributed by atoms with E-state index >= 15 is 0 Å². The van der Waals surface area contributed by atoms with Gasteiger partial charge >= 0.3 is 0 Å². The van der Waals surface area contributed by atoms with Crippen LogP contribution in [-0.2, 0) is 22.6 Å². The molecule has 0 bridgehead atoms. The molecule has 1 N–H and O–H groups in total. The number of likely N-dealkylation sites (N-methyl/N-ethyl adjacent to an activating group) is 1. The van der Waals surface area contributed by atoms with E-state index in [1.165, 1.54) is 0 Å². The summed E-state index contributed by atoms with van der Waals surface area (Å²) in [5.41, 5.74) is 2.01. The summed E-state index contributed by atoms with van der Waals surface area (Å²) in [5, 5.41) is 9.36. The van der Waals surface area contributed by atoms with Gasteiger partial charge in [0.05, 0.1) is 0 Å². The molecule has 2 aliphatic heterocycles. The summed E-state index contributed by atoms with van der Waals surface area (Å²) < 4.78 is 0. The van der Waals surface area contributed by atoms with Gasteiger partial charge in [0.2, 0.25) is 17.7 Å². The fourth-order valence-corrected chi connectivity index (χ4v) is 2.92. The maximum Gasteiger partial charge on any atom is 0.245 e. The van der Waals surface area contributed by atoms with E-state index in [1.54, 1.807) is 29.1 Å². The molecule has 1 atom stereocenters. The third-order valence-corrected chi connectivity index (χ3v) is 4.17. The lowest BCUT2D eigenvalue weighted by atomic mass is 10.0. The number of rotatable bonds is 1. The Morgan fingerprint density at radius 2 is 2.20 bits per heavy atom. The zero-order valence-electron chi connectivity index (χ0n) is 11.4. The van der Waals surface area contributed by atoms with Crippen molar-refractivity contribution in [3.8, 4) is 5.88 Å². The Labute approximate surface area is 117 Å². The molecule has 1 unspecified atom stereocenters. The predicted octanol–water partition coefficient (Wildman–Crippen LogP) is 0.293. The van der Waals surface area contributed by atoms with E-state index in [0.29, 0.717) is 32.4 Å². The van der Waals surface area contributed by atoms with Gasteiger partial charge in [0, 0.05) is 38.8 Å². The number of hydrogen-bond donors (Lipinski definition) is 1. The minimum absolute atomic E-state index is 0.0112. The SMILES string of the molecule is CN1C(=O)CCC1C(=O)N1CCc2cc(O)ncc2C1. The fraction of sp³-hybridized carbons (Fsp3) is 0.500. The van der Waals surface area contributed by atoms with Crippen molar-refractivity contribution in [3.05, 3.63) is 23.4 Å². The molecule has 1 saturated heterocycles. The molecule has 0 spiro atoms. The molecule has 1 fully saturated rings. The van der Waals surface area contributed by atoms with Crippen molar-refractivity contribution in [2.24, 2.45) is 0 Å². The molecule has 6 heteroatoms. The van der Waals surface area contributed by atoms with Crippen molar-refractivity contribution in [2.75, 3.05) is 13.6 Å². The maximum absolute atomic E-state index is 12.5. The molecule has 1 aromatic rings. The largest absolute Gasteiger partial charge is 0.493 e. The number of likely N-dealkylation sites (tertiary alicyclic amines) is 1. The molecule has 1 aromatic heterocycles. The average Bonchev–Trinajstić information content (AvgIpc) is 2.77. The van der Waals surface area contributed by atoms with Gasteiger partial charge in [-0.3, -0.25) is 9.59 Å². The number of fused-ring (bicyclic) bond motifs is 1. The summed E-state index contributed by atoms with van der Waals surface area (Å²) in [6.07, 6.45) is 3.38. The van der Waals surface area contributed by atoms with E-state index in [2.05, 4.69) is 4.98 Å². The highest BCUT2D eigenvalue weighted by Gasteiger charge is 2.36. The second-order valence-electron chi connectivity index (χ2n) is 5.38. The van der Waals surface area contributed by atoms with Crippen LogP contribution >= 0.6 is 0 Å². The third-order valence-electron chi connectivity index (χ3n) is 4.17. The molecular weight excluding hydrogens is 258 g/mol. The summed E-state index contributed by atoms with van der Waals surface area (Å²) in [6, 6.07) is 1.33. The second-order valence-corrected chi connectivity index (χ2v) is 5.38. The van der Waals surface area contributed by atoms with Crippen LogP contribution in [0.1, 0.15) is 24.0 Å². The van der Waals surface area contributed by atoms with Gasteiger partial charge < -0.3 is 14.9 Å². The van der Waals surface area contributed by atoms with Gasteiger partial charge in [0.1, 0.15) is 6.04 Å². The highest BCUT2D eigenvalue weighted by atomic mass is 16.3. The van der Waals surface area contributed by atoms with Crippen molar-refractivity contribution in [1.29, 1.82) is 0 Å². The van der Waals surface area contributed by atoms with E-state index in [4.69, 9.17) is 0 Å². The molecule has 3 rings (SSSR count). The van der Waals surface area contributed by atoms with Crippen LogP contribution in [0.3, 0.4) is 0 Å². The lowest BCUT2D eigenvalue weighted by Crippen LogP contribution is -2.46. The van der Waals surface area contributed by atoms with Crippen LogP contribution in [0.2, 0.25) is 0 Å². The Morgan fingerprint density at radius 3 is 2.90 bits per heavy atom. The summed E-state index contributed by atoms with van der Waals surface area (Å²) in [4.78, 5) is 31.2. The molecule has 6 nitrogen and oxygen atoms in total. The number of carbonyl (C=O) groups is 2. The minimum atomic E-state index is -0.325. The predicted molar refractivity (Wildman–Crippen MR) is 70.8 cm³/mol. The van der Waals surface area contributed by atoms with Crippen molar-refractivity contribution >= 4 is 11.8 Å². The number of pyridine rings is 1. The lowest BCUT2D eigenvalue weighted by Gasteiger charge is -2.32. The van der Waals surface area contributed by atoms with Gasteiger partial charge in [0.25, 0.3) is 0 Å². The van der Waals surface area contributed by atoms with Gasteiger partial charge in [-0.2, -0.15) is 0 Å². The van der Waals surface area contributed by atoms with Crippen LogP contribution in [-0.4, -0.2) is 51.3 Å². The Morgan fingerprint density at radius 1 is 1.40 bits per heavy atom. The molecule has 106 valence electrons. The summed E-state index contributed by atoms with van der Waals surface area (Å²) in [7, 11) is 1.69. The number of nitrogens with zero attached hydrogens (tertiary/aromatic N) is 3. The van der Waals surface area contributed by atoms with Crippen LogP contribution < -0.4 is 0 Å². The second kappa shape index (κ2) is 4.77. The summed E-state index contributed by atoms with van der Waals surface area (Å²) in [5.74, 6) is 0.0640. The Bertz CT molecular complexity index is 573. The van der Waals surface area contributed by atoms with Gasteiger partial charge in [-0.25, -0.2) is 4.98 Å². The first kappa shape index (κ1) is 12.9. The van der Waals surface area contributed by atoms with E-state index < -0.39 is 0 Å². The molecular formula is C14H17N3O3. The number of aromatic hydroxyl groups is 1. The zero-order chi connectivity index (χ0) is 14.3. The Hall–Kier alpha value is -2.11. The number of carbonyl (C=O) groups excluding carboxylic acids is 2. The molecule has 0 aromatic carbocycles. The van der Waals surface area contributed by atoms with Crippen molar-refractivity contribution in [2.45, 2.75) is 31.8 Å². The Balaban J connectivity index is 1.75. The lowest BCUT2D eigenvalue weighted by molar-refractivity contribution is -0.140. The highest BCUT2D eigenvalue weighted by Crippen LogP contribution is 2.24. The molecule has 20 heavy (non-hydrogen) atoms. The first-order valence-corrected chi connectivity index (χ1v) is 6.77. The first-order chi connectivity index (χ1) is 9.56. The van der Waals surface area contributed by atoms with Crippen LogP contribution in [0.4, 0.5) is 0 Å². The smallest absolute Gasteiger partial charge is 0.245 e. The van der Waals surface area contributed by atoms with E-state index in [-0.39, 0.29) is 23.7 Å². The minimum Gasteiger partial charge on any atom is -0.493 e. The van der Waals surface area contributed by atoms with Crippen LogP contribution in [0, 0.1) is 0 Å². The van der Waals surface area contributed by atoms with Crippen LogP contribution in [0.25, 0.3) is 0 Å². The monoisotopic (exact) mass is 275 g/mol. The molecule has 0 radical (unpaired) electrons. The first-order valence-electron chi connectivity index (χ1n) is 6.77. The van der Waals surface area contributed by atoms with Gasteiger partial charge in [-0.1, -0.05) is 0 Å². The molecule has 0 aliphatic carbocycles. The summed E-state index contributed by atoms with van der Waals surface area (Å²) in [6.45, 7) is 1.12. The maximum atomic E-state index is 12.5. The van der Waals surface area contributed by atoms with Gasteiger partial charge in [-0.05, 0) is 24.0 Å². The fourth-order valence-electron chi connectivity index (χ4n) is 2.92. The quantitative estimate of drug-likeness (QED) is 0.799. The van der Waals surface area contributed by atoms with Crippen molar-refractivity contribution in [3.63, 3.8) is 0 Å². The number of hydrogen-bond acceptors (Lipinski definition) is 4. The normalized spacial score (nSPS) is 22.1. The molecule has 0 saturated carbocycles. The Kier molecular flexibility index (Phi) is 3.08. The van der Waals surface area contributed by atoms with Crippen molar-refractivity contribution < 1.29 is 14.7 Å². The topological polar surface area (TPSA) is 73.7 Å². The third kappa shape index (κ3) is 2.11. The molecule has 3 heterocycles. The number of amides is 2. The molecule has 2 amide bonds. The molecule has 2 aliphatic rings. The number of aromatic nitrogens is 1. The van der Waals surface area contributed by atoms with Crippen molar-refractivity contribution in [1.82, 2.24) is 14.8 Å². The van der Waals surface area contributed by atoms with Gasteiger partial charge in [-0.15, -0.1) is 0 Å². The van der Waals surface area contributed by atoms with E-state index in [9.17, 15) is 14.7 Å². The van der Waals surface area contributed by atoms with Crippen LogP contribution in [0.15, 0.2) is 12.3 Å². The van der Waals surface area contributed by atoms with Crippen LogP contribution in [0.5, 0.6) is 5.88 Å². The van der Waals surface area contributed by atoms with E-state index in [1.807, 2.05) is 0 Å². The standard InChI is InChI=1S/C14H17N3O3/c1-16-11(2-3-13(16)19)14(20)17-5-4-9-6-12(18)15-7-10(9)8-17/h6-7,11H,2-5,8H2,1H3,(H,15,18). The zero-order valence-corrected chi connectivity index (χ0v) is 11.4. The average molecular weight is 275 g/mol. The van der Waals surface area contributed by atoms with Gasteiger partial charge in [0.15, 0.2) is 0 Å². The highest BCUT2D eigenvalue weighted by molar-refractivity contribution is 5.90. The van der Waals surface area contributed by atoms with E-state index in [0.717, 1.165) is 11.1 Å².